The average Bonchev–Trinajstić information content (AvgIpc) is 2.86. The number of fused-ring (bicyclic) bond motifs is 2. The molecule has 2 fully saturated rings. The van der Waals surface area contributed by atoms with Crippen LogP contribution in [0.4, 0.5) is 5.69 Å². The summed E-state index contributed by atoms with van der Waals surface area (Å²) in [6.07, 6.45) is 2.56. The molecule has 2 bridgehead atoms. The second-order valence-electron chi connectivity index (χ2n) is 5.69. The van der Waals surface area contributed by atoms with E-state index in [4.69, 9.17) is 9.47 Å². The Labute approximate surface area is 121 Å². The van der Waals surface area contributed by atoms with E-state index in [2.05, 4.69) is 16.3 Å². The molecule has 1 aromatic carbocycles. The molecule has 1 aromatic rings. The monoisotopic (exact) mass is 276 g/mol. The van der Waals surface area contributed by atoms with E-state index in [1.54, 1.807) is 7.11 Å². The first-order valence-electron chi connectivity index (χ1n) is 7.60. The van der Waals surface area contributed by atoms with Crippen molar-refractivity contribution < 1.29 is 9.47 Å². The van der Waals surface area contributed by atoms with Gasteiger partial charge in [0.15, 0.2) is 11.5 Å². The number of nitrogens with zero attached hydrogens (tertiary/aromatic N) is 1. The Morgan fingerprint density at radius 1 is 1.25 bits per heavy atom. The minimum absolute atomic E-state index is 0.594. The van der Waals surface area contributed by atoms with E-state index in [9.17, 15) is 0 Å². The fraction of sp³-hybridized carbons (Fsp3) is 0.625. The van der Waals surface area contributed by atoms with Gasteiger partial charge in [0.05, 0.1) is 13.7 Å². The molecule has 2 aliphatic heterocycles. The molecule has 2 aliphatic rings. The third-order valence-electron chi connectivity index (χ3n) is 4.45. The van der Waals surface area contributed by atoms with Crippen molar-refractivity contribution in [3.8, 4) is 11.5 Å². The van der Waals surface area contributed by atoms with Crippen LogP contribution in [0.25, 0.3) is 0 Å². The first-order valence-corrected chi connectivity index (χ1v) is 7.60. The van der Waals surface area contributed by atoms with Gasteiger partial charge in [-0.25, -0.2) is 0 Å². The standard InChI is InChI=1S/C16H24N2O2/c1-3-20-15-5-4-13(10-16(15)19-2)17-14-7-9-18-8-6-12(14)11-18/h4-5,10,12,14,17H,3,6-9,11H2,1-2H3. The van der Waals surface area contributed by atoms with E-state index in [1.165, 1.54) is 32.5 Å². The molecule has 110 valence electrons. The van der Waals surface area contributed by atoms with Crippen LogP contribution in [0.2, 0.25) is 0 Å². The van der Waals surface area contributed by atoms with Crippen LogP contribution in [0.15, 0.2) is 18.2 Å². The second-order valence-corrected chi connectivity index (χ2v) is 5.69. The smallest absolute Gasteiger partial charge is 0.162 e. The van der Waals surface area contributed by atoms with Gasteiger partial charge in [-0.05, 0) is 44.4 Å². The summed E-state index contributed by atoms with van der Waals surface area (Å²) >= 11 is 0. The molecular weight excluding hydrogens is 252 g/mol. The zero-order chi connectivity index (χ0) is 13.9. The van der Waals surface area contributed by atoms with E-state index in [0.29, 0.717) is 12.6 Å². The zero-order valence-electron chi connectivity index (χ0n) is 12.4. The van der Waals surface area contributed by atoms with Crippen molar-refractivity contribution in [3.05, 3.63) is 18.2 Å². The normalized spacial score (nSPS) is 28.2. The highest BCUT2D eigenvalue weighted by atomic mass is 16.5. The molecule has 2 heterocycles. The van der Waals surface area contributed by atoms with Crippen molar-refractivity contribution >= 4 is 5.69 Å². The molecule has 0 aromatic heterocycles. The van der Waals surface area contributed by atoms with Crippen LogP contribution in [0, 0.1) is 5.92 Å². The van der Waals surface area contributed by atoms with Gasteiger partial charge >= 0.3 is 0 Å². The SMILES string of the molecule is CCOc1ccc(NC2CCN3CCC2C3)cc1OC. The largest absolute Gasteiger partial charge is 0.493 e. The molecule has 3 unspecified atom stereocenters. The summed E-state index contributed by atoms with van der Waals surface area (Å²) in [7, 11) is 1.69. The lowest BCUT2D eigenvalue weighted by Crippen LogP contribution is -2.39. The van der Waals surface area contributed by atoms with Gasteiger partial charge < -0.3 is 19.7 Å². The Kier molecular flexibility index (Phi) is 4.01. The van der Waals surface area contributed by atoms with Crippen LogP contribution < -0.4 is 14.8 Å². The van der Waals surface area contributed by atoms with Crippen LogP contribution in [0.1, 0.15) is 19.8 Å². The molecule has 0 spiro atoms. The summed E-state index contributed by atoms with van der Waals surface area (Å²) in [6.45, 7) is 6.40. The highest BCUT2D eigenvalue weighted by Crippen LogP contribution is 2.33. The zero-order valence-corrected chi connectivity index (χ0v) is 12.4. The van der Waals surface area contributed by atoms with Gasteiger partial charge in [0.1, 0.15) is 0 Å². The van der Waals surface area contributed by atoms with Gasteiger partial charge in [-0.15, -0.1) is 0 Å². The Bertz CT molecular complexity index is 464. The fourth-order valence-electron chi connectivity index (χ4n) is 3.39. The van der Waals surface area contributed by atoms with Crippen molar-refractivity contribution in [2.24, 2.45) is 5.92 Å². The summed E-state index contributed by atoms with van der Waals surface area (Å²) < 4.78 is 11.0. The molecule has 2 saturated heterocycles. The summed E-state index contributed by atoms with van der Waals surface area (Å²) in [5, 5.41) is 3.69. The number of nitrogens with one attached hydrogen (secondary N) is 1. The molecule has 20 heavy (non-hydrogen) atoms. The summed E-state index contributed by atoms with van der Waals surface area (Å²) in [6, 6.07) is 6.73. The second kappa shape index (κ2) is 5.92. The van der Waals surface area contributed by atoms with E-state index >= 15 is 0 Å². The van der Waals surface area contributed by atoms with Gasteiger partial charge in [-0.3, -0.25) is 0 Å². The van der Waals surface area contributed by atoms with E-state index < -0.39 is 0 Å². The Morgan fingerprint density at radius 3 is 2.90 bits per heavy atom. The third kappa shape index (κ3) is 2.70. The summed E-state index contributed by atoms with van der Waals surface area (Å²) in [5.41, 5.74) is 1.13. The Morgan fingerprint density at radius 2 is 2.10 bits per heavy atom. The predicted octanol–water partition coefficient (Wildman–Crippen LogP) is 2.60. The number of benzene rings is 1. The van der Waals surface area contributed by atoms with Gasteiger partial charge in [-0.1, -0.05) is 0 Å². The van der Waals surface area contributed by atoms with Crippen molar-refractivity contribution in [2.45, 2.75) is 25.8 Å². The first kappa shape index (κ1) is 13.6. The van der Waals surface area contributed by atoms with E-state index in [-0.39, 0.29) is 0 Å². The number of rotatable bonds is 5. The van der Waals surface area contributed by atoms with Gasteiger partial charge in [0, 0.05) is 30.9 Å². The maximum Gasteiger partial charge on any atom is 0.162 e. The minimum atomic E-state index is 0.594. The first-order chi connectivity index (χ1) is 9.80. The molecule has 3 rings (SSSR count). The highest BCUT2D eigenvalue weighted by molar-refractivity contribution is 5.55. The number of piperidine rings is 1. The van der Waals surface area contributed by atoms with Crippen molar-refractivity contribution in [3.63, 3.8) is 0 Å². The summed E-state index contributed by atoms with van der Waals surface area (Å²) in [4.78, 5) is 2.57. The molecule has 3 atom stereocenters. The molecule has 4 heteroatoms. The van der Waals surface area contributed by atoms with Gasteiger partial charge in [-0.2, -0.15) is 0 Å². The van der Waals surface area contributed by atoms with Crippen LogP contribution >= 0.6 is 0 Å². The van der Waals surface area contributed by atoms with E-state index in [1.807, 2.05) is 19.1 Å². The summed E-state index contributed by atoms with van der Waals surface area (Å²) in [5.74, 6) is 2.42. The Hall–Kier alpha value is -1.42. The number of anilines is 1. The number of hydrogen-bond donors (Lipinski definition) is 1. The van der Waals surface area contributed by atoms with Crippen molar-refractivity contribution in [2.75, 3.05) is 38.7 Å². The molecule has 0 radical (unpaired) electrons. The van der Waals surface area contributed by atoms with Crippen LogP contribution in [-0.2, 0) is 0 Å². The fourth-order valence-corrected chi connectivity index (χ4v) is 3.39. The number of methoxy groups -OCH3 is 1. The van der Waals surface area contributed by atoms with Gasteiger partial charge in [0.25, 0.3) is 0 Å². The molecule has 4 nitrogen and oxygen atoms in total. The van der Waals surface area contributed by atoms with Crippen molar-refractivity contribution in [1.82, 2.24) is 4.90 Å². The molecule has 0 saturated carbocycles. The van der Waals surface area contributed by atoms with Crippen LogP contribution in [-0.4, -0.2) is 44.3 Å². The number of ether oxygens (including phenoxy) is 2. The average molecular weight is 276 g/mol. The highest BCUT2D eigenvalue weighted by Gasteiger charge is 2.34. The third-order valence-corrected chi connectivity index (χ3v) is 4.45. The maximum absolute atomic E-state index is 5.56. The minimum Gasteiger partial charge on any atom is -0.493 e. The van der Waals surface area contributed by atoms with Gasteiger partial charge in [0.2, 0.25) is 0 Å². The topological polar surface area (TPSA) is 33.7 Å². The quantitative estimate of drug-likeness (QED) is 0.896. The maximum atomic E-state index is 5.56. The molecule has 1 N–H and O–H groups in total. The predicted molar refractivity (Wildman–Crippen MR) is 80.7 cm³/mol. The van der Waals surface area contributed by atoms with Crippen molar-refractivity contribution in [1.29, 1.82) is 0 Å². The lowest BCUT2D eigenvalue weighted by atomic mass is 9.94. The lowest BCUT2D eigenvalue weighted by molar-refractivity contribution is 0.255. The molecule has 0 aliphatic carbocycles. The van der Waals surface area contributed by atoms with Crippen LogP contribution in [0.5, 0.6) is 11.5 Å². The molecular formula is C16H24N2O2. The Balaban J connectivity index is 1.70. The van der Waals surface area contributed by atoms with E-state index in [0.717, 1.165) is 23.1 Å². The molecule has 0 amide bonds. The van der Waals surface area contributed by atoms with Crippen LogP contribution in [0.3, 0.4) is 0 Å². The lowest BCUT2D eigenvalue weighted by Gasteiger charge is -2.31. The number of hydrogen-bond acceptors (Lipinski definition) is 4.